The maximum Gasteiger partial charge on any atom is 0.0107 e. The summed E-state index contributed by atoms with van der Waals surface area (Å²) in [6, 6.07) is 0. The van der Waals surface area contributed by atoms with Crippen LogP contribution in [-0.4, -0.2) is 13.1 Å². The molecule has 0 saturated carbocycles. The lowest BCUT2D eigenvalue weighted by Gasteiger charge is -1.74. The molecule has 0 aromatic rings. The van der Waals surface area contributed by atoms with Crippen LogP contribution in [0.25, 0.3) is 0 Å². The van der Waals surface area contributed by atoms with Crippen LogP contribution in [0.15, 0.2) is 12.2 Å². The molecule has 0 bridgehead atoms. The van der Waals surface area contributed by atoms with Gasteiger partial charge < -0.3 is 11.5 Å². The molecule has 0 aliphatic heterocycles. The number of nitrogens with two attached hydrogens (primary N) is 2. The average molecular weight is 123 g/mol. The molecule has 0 saturated heterocycles. The Morgan fingerprint density at radius 2 is 1.29 bits per heavy atom. The van der Waals surface area contributed by atoms with Crippen molar-refractivity contribution in [1.82, 2.24) is 0 Å². The minimum Gasteiger partial charge on any atom is -0.327 e. The van der Waals surface area contributed by atoms with Crippen molar-refractivity contribution in [1.29, 1.82) is 0 Å². The lowest BCUT2D eigenvalue weighted by molar-refractivity contribution is 1.20. The van der Waals surface area contributed by atoms with Crippen LogP contribution in [-0.2, 0) is 0 Å². The van der Waals surface area contributed by atoms with Crippen LogP contribution < -0.4 is 11.5 Å². The van der Waals surface area contributed by atoms with E-state index in [-0.39, 0.29) is 12.4 Å². The maximum absolute atomic E-state index is 5.07. The highest BCUT2D eigenvalue weighted by Gasteiger charge is 1.59. The monoisotopic (exact) mass is 122 g/mol. The summed E-state index contributed by atoms with van der Waals surface area (Å²) in [7, 11) is 0. The molecule has 0 fully saturated rings. The molecule has 0 unspecified atom stereocenters. The van der Waals surface area contributed by atoms with E-state index in [4.69, 9.17) is 11.5 Å². The van der Waals surface area contributed by atoms with Gasteiger partial charge in [0.25, 0.3) is 0 Å². The first-order valence-corrected chi connectivity index (χ1v) is 1.97. The van der Waals surface area contributed by atoms with Gasteiger partial charge in [-0.3, -0.25) is 0 Å². The normalized spacial score (nSPS) is 8.86. The summed E-state index contributed by atoms with van der Waals surface area (Å²) in [5.41, 5.74) is 10.1. The Hall–Kier alpha value is -0.0500. The fraction of sp³-hybridized carbons (Fsp3) is 0.500. The van der Waals surface area contributed by atoms with Gasteiger partial charge in [0.05, 0.1) is 0 Å². The topological polar surface area (TPSA) is 52.0 Å². The fourth-order valence-electron chi connectivity index (χ4n) is 0.192. The second-order valence-electron chi connectivity index (χ2n) is 0.943. The zero-order chi connectivity index (χ0) is 4.83. The molecule has 0 heterocycles. The third-order valence-electron chi connectivity index (χ3n) is 0.439. The highest BCUT2D eigenvalue weighted by atomic mass is 35.5. The van der Waals surface area contributed by atoms with E-state index in [1.165, 1.54) is 0 Å². The summed E-state index contributed by atoms with van der Waals surface area (Å²) in [5.74, 6) is 0. The average Bonchev–Trinajstić information content (AvgIpc) is 1.61. The van der Waals surface area contributed by atoms with Gasteiger partial charge in [0, 0.05) is 13.1 Å². The number of hydrogen-bond acceptors (Lipinski definition) is 2. The smallest absolute Gasteiger partial charge is 0.0107 e. The van der Waals surface area contributed by atoms with Gasteiger partial charge in [-0.15, -0.1) is 12.4 Å². The third kappa shape index (κ3) is 10.7. The van der Waals surface area contributed by atoms with Crippen LogP contribution in [0, 0.1) is 0 Å². The number of hydrogen-bond donors (Lipinski definition) is 2. The van der Waals surface area contributed by atoms with E-state index in [9.17, 15) is 0 Å². The molecule has 2 nitrogen and oxygen atoms in total. The predicted molar refractivity (Wildman–Crippen MR) is 34.5 cm³/mol. The lowest BCUT2D eigenvalue weighted by atomic mass is 10.5. The molecule has 0 atom stereocenters. The Kier molecular flexibility index (Phi) is 13.4. The molecule has 7 heavy (non-hydrogen) atoms. The first-order valence-electron chi connectivity index (χ1n) is 1.97. The third-order valence-corrected chi connectivity index (χ3v) is 0.439. The zero-order valence-corrected chi connectivity index (χ0v) is 4.95. The molecule has 0 aliphatic carbocycles. The van der Waals surface area contributed by atoms with Gasteiger partial charge in [-0.05, 0) is 0 Å². The summed E-state index contributed by atoms with van der Waals surface area (Å²) in [6.07, 6.45) is 3.67. The van der Waals surface area contributed by atoms with Crippen LogP contribution in [0.3, 0.4) is 0 Å². The standard InChI is InChI=1S/C4H10N2.ClH/c5-3-1-2-4-6;/h1-2H,3-6H2;1H/b2-1+;. The van der Waals surface area contributed by atoms with Gasteiger partial charge in [0.15, 0.2) is 0 Å². The highest BCUT2D eigenvalue weighted by molar-refractivity contribution is 5.85. The quantitative estimate of drug-likeness (QED) is 0.502. The largest absolute Gasteiger partial charge is 0.327 e. The van der Waals surface area contributed by atoms with Gasteiger partial charge in [0.1, 0.15) is 0 Å². The van der Waals surface area contributed by atoms with E-state index in [2.05, 4.69) is 0 Å². The Bertz CT molecular complexity index is 39.0. The van der Waals surface area contributed by atoms with Crippen LogP contribution in [0.2, 0.25) is 0 Å². The minimum absolute atomic E-state index is 0. The Labute approximate surface area is 50.0 Å². The molecule has 0 radical (unpaired) electrons. The molecular formula is C4H11ClN2. The Morgan fingerprint density at radius 1 is 1.00 bits per heavy atom. The first kappa shape index (κ1) is 10.0. The van der Waals surface area contributed by atoms with Crippen LogP contribution >= 0.6 is 12.4 Å². The Morgan fingerprint density at radius 3 is 1.43 bits per heavy atom. The molecular weight excluding hydrogens is 112 g/mol. The second-order valence-corrected chi connectivity index (χ2v) is 0.943. The van der Waals surface area contributed by atoms with E-state index in [0.717, 1.165) is 0 Å². The van der Waals surface area contributed by atoms with Crippen molar-refractivity contribution in [2.45, 2.75) is 0 Å². The van der Waals surface area contributed by atoms with Gasteiger partial charge in [-0.2, -0.15) is 0 Å². The first-order chi connectivity index (χ1) is 2.91. The van der Waals surface area contributed by atoms with Crippen molar-refractivity contribution < 1.29 is 0 Å². The molecule has 0 aromatic carbocycles. The van der Waals surface area contributed by atoms with Crippen molar-refractivity contribution in [2.24, 2.45) is 11.5 Å². The second kappa shape index (κ2) is 9.34. The van der Waals surface area contributed by atoms with Gasteiger partial charge in [0.2, 0.25) is 0 Å². The van der Waals surface area contributed by atoms with Gasteiger partial charge in [-0.25, -0.2) is 0 Å². The Balaban J connectivity index is 0. The minimum atomic E-state index is 0. The van der Waals surface area contributed by atoms with E-state index in [0.29, 0.717) is 13.1 Å². The molecule has 4 N–H and O–H groups in total. The van der Waals surface area contributed by atoms with Crippen molar-refractivity contribution in [3.63, 3.8) is 0 Å². The molecule has 0 amide bonds. The molecule has 3 heteroatoms. The van der Waals surface area contributed by atoms with E-state index in [1.807, 2.05) is 12.2 Å². The molecule has 0 aromatic heterocycles. The lowest BCUT2D eigenvalue weighted by Crippen LogP contribution is -1.97. The van der Waals surface area contributed by atoms with E-state index < -0.39 is 0 Å². The summed E-state index contributed by atoms with van der Waals surface area (Å²) >= 11 is 0. The fourth-order valence-corrected chi connectivity index (χ4v) is 0.192. The van der Waals surface area contributed by atoms with Crippen LogP contribution in [0.5, 0.6) is 0 Å². The summed E-state index contributed by atoms with van der Waals surface area (Å²) in [6.45, 7) is 1.19. The molecule has 0 rings (SSSR count). The van der Waals surface area contributed by atoms with Gasteiger partial charge in [-0.1, -0.05) is 12.2 Å². The van der Waals surface area contributed by atoms with Crippen LogP contribution in [0.4, 0.5) is 0 Å². The molecule has 44 valence electrons. The highest BCUT2D eigenvalue weighted by Crippen LogP contribution is 1.58. The van der Waals surface area contributed by atoms with Gasteiger partial charge >= 0.3 is 0 Å². The van der Waals surface area contributed by atoms with Crippen molar-refractivity contribution >= 4 is 12.4 Å². The predicted octanol–water partition coefficient (Wildman–Crippen LogP) is -0.118. The summed E-state index contributed by atoms with van der Waals surface area (Å²) in [5, 5.41) is 0. The van der Waals surface area contributed by atoms with E-state index in [1.54, 1.807) is 0 Å². The van der Waals surface area contributed by atoms with Crippen molar-refractivity contribution in [3.05, 3.63) is 12.2 Å². The summed E-state index contributed by atoms with van der Waals surface area (Å²) < 4.78 is 0. The summed E-state index contributed by atoms with van der Waals surface area (Å²) in [4.78, 5) is 0. The zero-order valence-electron chi connectivity index (χ0n) is 4.13. The maximum atomic E-state index is 5.07. The number of rotatable bonds is 2. The molecule has 0 spiro atoms. The van der Waals surface area contributed by atoms with Crippen LogP contribution in [0.1, 0.15) is 0 Å². The number of halogens is 1. The van der Waals surface area contributed by atoms with Crippen molar-refractivity contribution in [3.8, 4) is 0 Å². The van der Waals surface area contributed by atoms with E-state index >= 15 is 0 Å². The van der Waals surface area contributed by atoms with Crippen molar-refractivity contribution in [2.75, 3.05) is 13.1 Å². The molecule has 0 aliphatic rings. The SMILES string of the molecule is Cl.NC/C=C/CN.